The van der Waals surface area contributed by atoms with Gasteiger partial charge in [-0.15, -0.1) is 0 Å². The van der Waals surface area contributed by atoms with Gasteiger partial charge in [0.25, 0.3) is 0 Å². The minimum atomic E-state index is -2.77. The topological polar surface area (TPSA) is 169 Å². The number of hydrogen-bond acceptors (Lipinski definition) is 19. The molecule has 422 valence electrons. The lowest BCUT2D eigenvalue weighted by atomic mass is 10.4. The fourth-order valence-corrected chi connectivity index (χ4v) is 33.3. The van der Waals surface area contributed by atoms with E-state index >= 15 is 0 Å². The minimum absolute atomic E-state index is 0.763. The molecule has 0 saturated heterocycles. The summed E-state index contributed by atoms with van der Waals surface area (Å²) in [5, 5.41) is 0. The van der Waals surface area contributed by atoms with Crippen LogP contribution in [0.15, 0.2) is 0 Å². The molecule has 0 aromatic rings. The van der Waals surface area contributed by atoms with Gasteiger partial charge in [-0.2, -0.15) is 0 Å². The van der Waals surface area contributed by atoms with E-state index in [2.05, 4.69) is 11.9 Å². The molecule has 0 saturated carbocycles. The van der Waals surface area contributed by atoms with E-state index in [1.807, 2.05) is 0 Å². The van der Waals surface area contributed by atoms with Crippen LogP contribution in [-0.2, 0) is 79.7 Å². The van der Waals surface area contributed by atoms with Crippen molar-refractivity contribution in [2.45, 2.75) is 136 Å². The Bertz CT molecular complexity index is 1000. The van der Waals surface area contributed by atoms with Crippen LogP contribution in [-0.4, -0.2) is 222 Å². The highest BCUT2D eigenvalue weighted by Gasteiger charge is 2.45. The quantitative estimate of drug-likeness (QED) is 0.0534. The zero-order valence-corrected chi connectivity index (χ0v) is 55.8. The van der Waals surface area contributed by atoms with Crippen LogP contribution in [0.2, 0.25) is 84.6 Å². The monoisotopic (exact) mass is 1150 g/mol. The van der Waals surface area contributed by atoms with Crippen LogP contribution in [0.4, 0.5) is 0 Å². The number of rotatable bonds is 50. The smallest absolute Gasteiger partial charge is 0.377 e. The van der Waals surface area contributed by atoms with Gasteiger partial charge in [-0.25, -0.2) is 0 Å². The van der Waals surface area contributed by atoms with Crippen LogP contribution < -0.4 is 0 Å². The van der Waals surface area contributed by atoms with E-state index in [4.69, 9.17) is 79.7 Å². The van der Waals surface area contributed by atoms with E-state index in [1.165, 1.54) is 12.1 Å². The summed E-state index contributed by atoms with van der Waals surface area (Å²) in [7, 11) is 12.3. The van der Waals surface area contributed by atoms with Crippen molar-refractivity contribution in [2.24, 2.45) is 0 Å². The maximum Gasteiger partial charge on any atom is 0.500 e. The van der Waals surface area contributed by atoms with Crippen molar-refractivity contribution < 1.29 is 79.7 Å². The lowest BCUT2D eigenvalue weighted by molar-refractivity contribution is 0.122. The van der Waals surface area contributed by atoms with Crippen molar-refractivity contribution in [2.75, 3.05) is 148 Å². The van der Waals surface area contributed by atoms with Crippen LogP contribution in [0.25, 0.3) is 0 Å². The fraction of sp³-hybridized carbons (Fsp3) is 1.00. The van der Waals surface area contributed by atoms with Gasteiger partial charge in [0.1, 0.15) is 0 Å². The van der Waals surface area contributed by atoms with Crippen molar-refractivity contribution in [3.63, 3.8) is 0 Å². The molecule has 0 amide bonds. The summed E-state index contributed by atoms with van der Waals surface area (Å²) < 4.78 is 106. The Morgan fingerprint density at radius 3 is 0.457 bits per heavy atom. The molecule has 0 aliphatic heterocycles. The third-order valence-corrected chi connectivity index (χ3v) is 43.5. The van der Waals surface area contributed by atoms with Crippen molar-refractivity contribution in [3.8, 4) is 0 Å². The second-order valence-corrected chi connectivity index (χ2v) is 46.9. The summed E-state index contributed by atoms with van der Waals surface area (Å²) in [4.78, 5) is 2.55. The highest BCUT2D eigenvalue weighted by Crippen LogP contribution is 2.39. The molecule has 0 radical (unpaired) electrons. The lowest BCUT2D eigenvalue weighted by Crippen LogP contribution is -2.45. The van der Waals surface area contributed by atoms with Gasteiger partial charge in [0.05, 0.1) is 16.1 Å². The van der Waals surface area contributed by atoms with E-state index < -0.39 is 69.0 Å². The van der Waals surface area contributed by atoms with Gasteiger partial charge in [0.15, 0.2) is 0 Å². The van der Waals surface area contributed by atoms with Crippen molar-refractivity contribution in [1.29, 1.82) is 0 Å². The Balaban J connectivity index is 6.82. The van der Waals surface area contributed by atoms with Gasteiger partial charge in [0.2, 0.25) is 0 Å². The standard InChI is InChI=1S/C43H105NO18Si8/c1-44(28-20-30-63(32-22-38-65(45-2,46-3)47-4,33-23-39-66(48-5,49-6)50-7)34-24-40-67(51-8,52-9)53-10)29-21-31-64(35-25-41-68(54-11,55-12)56-13,36-26-42-69(57-14,58-15)59-16)37-27-43-70(60-17,61-18)62-19/h20-43H2,1-19H3. The highest BCUT2D eigenvalue weighted by atomic mass is 28.4. The average molecular weight is 1150 g/mol. The van der Waals surface area contributed by atoms with E-state index in [1.54, 1.807) is 128 Å². The Hall–Kier alpha value is 0.975. The number of nitrogens with zero attached hydrogens (tertiary/aromatic N) is 1. The largest absolute Gasteiger partial charge is 0.500 e. The van der Waals surface area contributed by atoms with E-state index in [-0.39, 0.29) is 0 Å². The summed E-state index contributed by atoms with van der Waals surface area (Å²) in [5.74, 6) is 0. The van der Waals surface area contributed by atoms with Gasteiger partial charge >= 0.3 is 52.8 Å². The second-order valence-electron chi connectivity index (χ2n) is 18.4. The van der Waals surface area contributed by atoms with Crippen LogP contribution in [0.3, 0.4) is 0 Å². The van der Waals surface area contributed by atoms with Gasteiger partial charge in [-0.05, 0) is 33.0 Å². The van der Waals surface area contributed by atoms with Gasteiger partial charge in [-0.3, -0.25) is 0 Å². The summed E-state index contributed by atoms with van der Waals surface area (Å²) in [6.45, 7) is 2.01. The van der Waals surface area contributed by atoms with Crippen LogP contribution in [0.1, 0.15) is 51.4 Å². The Kier molecular flexibility index (Phi) is 38.2. The molecule has 0 fully saturated rings. The Morgan fingerprint density at radius 1 is 0.200 bits per heavy atom. The minimum Gasteiger partial charge on any atom is -0.377 e. The predicted octanol–water partition coefficient (Wildman–Crippen LogP) is 8.21. The van der Waals surface area contributed by atoms with E-state index in [9.17, 15) is 0 Å². The Labute approximate surface area is 435 Å². The molecule has 0 spiro atoms. The molecular formula is C43H105NO18Si8. The van der Waals surface area contributed by atoms with Crippen LogP contribution in [0, 0.1) is 0 Å². The van der Waals surface area contributed by atoms with Gasteiger partial charge < -0.3 is 84.6 Å². The van der Waals surface area contributed by atoms with Crippen LogP contribution >= 0.6 is 0 Å². The molecule has 27 heteroatoms. The molecular weight excluding hydrogens is 1040 g/mol. The van der Waals surface area contributed by atoms with E-state index in [0.29, 0.717) is 0 Å². The zero-order valence-electron chi connectivity index (χ0n) is 47.8. The third kappa shape index (κ3) is 23.3. The summed E-state index contributed by atoms with van der Waals surface area (Å²) in [6, 6.07) is 13.7. The number of hydrogen-bond donors (Lipinski definition) is 0. The average Bonchev–Trinajstić information content (AvgIpc) is 3.40. The highest BCUT2D eigenvalue weighted by molar-refractivity contribution is 6.81. The molecule has 0 aliphatic carbocycles. The first-order valence-corrected chi connectivity index (χ1v) is 42.3. The molecule has 70 heavy (non-hydrogen) atoms. The first-order chi connectivity index (χ1) is 33.4. The second kappa shape index (κ2) is 37.7. The van der Waals surface area contributed by atoms with E-state index in [0.717, 1.165) is 137 Å². The SMILES string of the molecule is CO[Si](CCC[Si](CCCN(C)CCC[Si](CCC[Si](OC)(OC)OC)(CCC[Si](OC)(OC)OC)CCC[Si](OC)(OC)OC)(CCC[Si](OC)(OC)OC)CCC[Si](OC)(OC)OC)(OC)OC. The molecule has 0 atom stereocenters. The molecule has 0 aromatic heterocycles. The van der Waals surface area contributed by atoms with Crippen molar-refractivity contribution >= 4 is 69.0 Å². The molecule has 0 bridgehead atoms. The third-order valence-electron chi connectivity index (χ3n) is 15.2. The first kappa shape index (κ1) is 71.0. The normalized spacial score (nSPS) is 13.9. The first-order valence-electron chi connectivity index (χ1n) is 25.1. The maximum absolute atomic E-state index is 5.89. The summed E-state index contributed by atoms with van der Waals surface area (Å²) in [6.07, 6.45) is 8.00. The molecule has 0 heterocycles. The fourth-order valence-electron chi connectivity index (χ4n) is 10.5. The summed E-state index contributed by atoms with van der Waals surface area (Å²) >= 11 is 0. The summed E-state index contributed by atoms with van der Waals surface area (Å²) in [5.41, 5.74) is 0. The van der Waals surface area contributed by atoms with Crippen LogP contribution in [0.5, 0.6) is 0 Å². The lowest BCUT2D eigenvalue weighted by Gasteiger charge is -2.36. The predicted molar refractivity (Wildman–Crippen MR) is 294 cm³/mol. The molecule has 0 N–H and O–H groups in total. The Morgan fingerprint density at radius 2 is 0.329 bits per heavy atom. The molecule has 0 unspecified atom stereocenters. The zero-order chi connectivity index (χ0) is 53.3. The molecule has 19 nitrogen and oxygen atoms in total. The molecule has 0 aromatic carbocycles. The molecule has 0 aliphatic rings. The van der Waals surface area contributed by atoms with Crippen molar-refractivity contribution in [1.82, 2.24) is 4.90 Å². The maximum atomic E-state index is 5.89. The molecule has 0 rings (SSSR count). The van der Waals surface area contributed by atoms with Gasteiger partial charge in [0, 0.05) is 164 Å². The van der Waals surface area contributed by atoms with Gasteiger partial charge in [-0.1, -0.05) is 86.9 Å². The van der Waals surface area contributed by atoms with Crippen molar-refractivity contribution in [3.05, 3.63) is 0 Å².